The van der Waals surface area contributed by atoms with Crippen LogP contribution >= 0.6 is 0 Å². The van der Waals surface area contributed by atoms with Crippen molar-refractivity contribution in [2.45, 2.75) is 52.2 Å². The quantitative estimate of drug-likeness (QED) is 0.725. The van der Waals surface area contributed by atoms with Crippen molar-refractivity contribution in [1.29, 1.82) is 0 Å². The number of rotatable bonds is 2. The summed E-state index contributed by atoms with van der Waals surface area (Å²) in [5.74, 6) is 0. The van der Waals surface area contributed by atoms with Crippen LogP contribution in [0, 0.1) is 6.92 Å². The van der Waals surface area contributed by atoms with E-state index in [0.717, 1.165) is 40.2 Å². The van der Waals surface area contributed by atoms with Crippen LogP contribution < -0.4 is 0 Å². The molecule has 0 bridgehead atoms. The highest BCUT2D eigenvalue weighted by atomic mass is 16.3. The van der Waals surface area contributed by atoms with Crippen molar-refractivity contribution in [2.24, 2.45) is 0 Å². The van der Waals surface area contributed by atoms with Gasteiger partial charge in [-0.2, -0.15) is 5.10 Å². The van der Waals surface area contributed by atoms with Crippen molar-refractivity contribution < 1.29 is 5.11 Å². The Balaban J connectivity index is 2.12. The van der Waals surface area contributed by atoms with E-state index in [9.17, 15) is 5.11 Å². The molecule has 134 valence electrons. The van der Waals surface area contributed by atoms with Crippen LogP contribution in [0.15, 0.2) is 48.5 Å². The van der Waals surface area contributed by atoms with Crippen LogP contribution in [-0.2, 0) is 17.6 Å². The third-order valence-electron chi connectivity index (χ3n) is 5.37. The first kappa shape index (κ1) is 17.0. The van der Waals surface area contributed by atoms with Crippen LogP contribution in [0.5, 0.6) is 0 Å². The Bertz CT molecular complexity index is 976. The zero-order valence-corrected chi connectivity index (χ0v) is 16.2. The third-order valence-corrected chi connectivity index (χ3v) is 5.37. The largest absolute Gasteiger partial charge is 0.376 e. The lowest BCUT2D eigenvalue weighted by Gasteiger charge is -2.29. The standard InChI is InChI=1S/C23H26N2O/c1-6-25-20-17-9-7-8-10-18(17)23(26,16-13-11-15(2)12-14-16)19(20)21(24-25)22(3,4)5/h7-14,26H,6H2,1-5H3. The Morgan fingerprint density at radius 2 is 1.69 bits per heavy atom. The fraction of sp³-hybridized carbons (Fsp3) is 0.348. The summed E-state index contributed by atoms with van der Waals surface area (Å²) in [7, 11) is 0. The smallest absolute Gasteiger partial charge is 0.145 e. The lowest BCUT2D eigenvalue weighted by molar-refractivity contribution is 0.128. The first-order valence-corrected chi connectivity index (χ1v) is 9.29. The lowest BCUT2D eigenvalue weighted by atomic mass is 9.79. The van der Waals surface area contributed by atoms with E-state index in [-0.39, 0.29) is 5.41 Å². The van der Waals surface area contributed by atoms with E-state index in [1.54, 1.807) is 0 Å². The van der Waals surface area contributed by atoms with Crippen LogP contribution in [0.25, 0.3) is 11.3 Å². The summed E-state index contributed by atoms with van der Waals surface area (Å²) in [6, 6.07) is 16.4. The SMILES string of the molecule is CCn1nc(C(C)(C)C)c2c1-c1ccccc1C2(O)c1ccc(C)cc1. The molecular weight excluding hydrogens is 320 g/mol. The molecular formula is C23H26N2O. The molecule has 1 aliphatic rings. The van der Waals surface area contributed by atoms with Gasteiger partial charge in [0.2, 0.25) is 0 Å². The number of hydrogen-bond acceptors (Lipinski definition) is 2. The summed E-state index contributed by atoms with van der Waals surface area (Å²) >= 11 is 0. The molecule has 0 saturated heterocycles. The molecule has 1 aromatic heterocycles. The molecule has 1 heterocycles. The molecule has 1 atom stereocenters. The molecule has 1 N–H and O–H groups in total. The number of fused-ring (bicyclic) bond motifs is 3. The highest BCUT2D eigenvalue weighted by molar-refractivity contribution is 5.81. The molecule has 0 amide bonds. The van der Waals surface area contributed by atoms with Crippen LogP contribution in [-0.4, -0.2) is 14.9 Å². The van der Waals surface area contributed by atoms with Gasteiger partial charge in [-0.15, -0.1) is 0 Å². The third kappa shape index (κ3) is 2.20. The Morgan fingerprint density at radius 3 is 2.31 bits per heavy atom. The molecule has 0 radical (unpaired) electrons. The van der Waals surface area contributed by atoms with Gasteiger partial charge in [0.1, 0.15) is 5.60 Å². The van der Waals surface area contributed by atoms with Gasteiger partial charge in [-0.1, -0.05) is 74.9 Å². The van der Waals surface area contributed by atoms with Gasteiger partial charge >= 0.3 is 0 Å². The van der Waals surface area contributed by atoms with Crippen molar-refractivity contribution in [2.75, 3.05) is 0 Å². The second-order valence-electron chi connectivity index (χ2n) is 8.26. The number of nitrogens with zero attached hydrogens (tertiary/aromatic N) is 2. The maximum absolute atomic E-state index is 12.2. The predicted molar refractivity (Wildman–Crippen MR) is 105 cm³/mol. The minimum Gasteiger partial charge on any atom is -0.376 e. The molecule has 0 saturated carbocycles. The van der Waals surface area contributed by atoms with Crippen molar-refractivity contribution in [3.8, 4) is 11.3 Å². The van der Waals surface area contributed by atoms with Gasteiger partial charge in [0.25, 0.3) is 0 Å². The molecule has 1 aliphatic carbocycles. The molecule has 26 heavy (non-hydrogen) atoms. The molecule has 3 aromatic rings. The van der Waals surface area contributed by atoms with Crippen LogP contribution in [0.2, 0.25) is 0 Å². The summed E-state index contributed by atoms with van der Waals surface area (Å²) in [6.07, 6.45) is 0. The Kier molecular flexibility index (Phi) is 3.64. The average molecular weight is 346 g/mol. The molecule has 3 heteroatoms. The molecule has 3 nitrogen and oxygen atoms in total. The van der Waals surface area contributed by atoms with E-state index in [2.05, 4.69) is 52.8 Å². The Morgan fingerprint density at radius 1 is 1.04 bits per heavy atom. The minimum absolute atomic E-state index is 0.161. The molecule has 2 aromatic carbocycles. The van der Waals surface area contributed by atoms with Gasteiger partial charge in [0.15, 0.2) is 0 Å². The first-order valence-electron chi connectivity index (χ1n) is 9.29. The monoisotopic (exact) mass is 346 g/mol. The van der Waals surface area contributed by atoms with E-state index in [0.29, 0.717) is 0 Å². The average Bonchev–Trinajstić information content (AvgIpc) is 3.12. The van der Waals surface area contributed by atoms with E-state index in [1.165, 1.54) is 5.56 Å². The van der Waals surface area contributed by atoms with E-state index in [1.807, 2.05) is 35.0 Å². The summed E-state index contributed by atoms with van der Waals surface area (Å²) in [4.78, 5) is 0. The number of aliphatic hydroxyl groups is 1. The number of hydrogen-bond donors (Lipinski definition) is 1. The lowest BCUT2D eigenvalue weighted by Crippen LogP contribution is -2.30. The normalized spacial score (nSPS) is 18.7. The van der Waals surface area contributed by atoms with Crippen molar-refractivity contribution in [3.05, 3.63) is 76.5 Å². The fourth-order valence-electron chi connectivity index (χ4n) is 4.07. The number of aromatic nitrogens is 2. The molecule has 0 fully saturated rings. The maximum Gasteiger partial charge on any atom is 0.145 e. The van der Waals surface area contributed by atoms with E-state index >= 15 is 0 Å². The fourth-order valence-corrected chi connectivity index (χ4v) is 4.07. The van der Waals surface area contributed by atoms with Crippen LogP contribution in [0.1, 0.15) is 55.6 Å². The van der Waals surface area contributed by atoms with Gasteiger partial charge in [0, 0.05) is 28.7 Å². The van der Waals surface area contributed by atoms with Crippen LogP contribution in [0.4, 0.5) is 0 Å². The van der Waals surface area contributed by atoms with Crippen molar-refractivity contribution in [3.63, 3.8) is 0 Å². The van der Waals surface area contributed by atoms with Gasteiger partial charge in [0.05, 0.1) is 11.4 Å². The van der Waals surface area contributed by atoms with Gasteiger partial charge in [-0.25, -0.2) is 0 Å². The predicted octanol–water partition coefficient (Wildman–Crippen LogP) is 4.77. The molecule has 4 rings (SSSR count). The second-order valence-corrected chi connectivity index (χ2v) is 8.26. The summed E-state index contributed by atoms with van der Waals surface area (Å²) in [5, 5.41) is 17.1. The highest BCUT2D eigenvalue weighted by Crippen LogP contribution is 2.53. The molecule has 0 spiro atoms. The Labute approximate surface area is 155 Å². The number of aryl methyl sites for hydroxylation is 2. The van der Waals surface area contributed by atoms with Crippen molar-refractivity contribution >= 4 is 0 Å². The highest BCUT2D eigenvalue weighted by Gasteiger charge is 2.49. The van der Waals surface area contributed by atoms with E-state index in [4.69, 9.17) is 5.10 Å². The first-order chi connectivity index (χ1) is 12.3. The zero-order valence-electron chi connectivity index (χ0n) is 16.2. The zero-order chi connectivity index (χ0) is 18.7. The summed E-state index contributed by atoms with van der Waals surface area (Å²) < 4.78 is 2.04. The van der Waals surface area contributed by atoms with Gasteiger partial charge in [-0.3, -0.25) is 4.68 Å². The molecule has 0 aliphatic heterocycles. The topological polar surface area (TPSA) is 38.0 Å². The second kappa shape index (κ2) is 5.55. The molecule has 1 unspecified atom stereocenters. The Hall–Kier alpha value is -2.39. The van der Waals surface area contributed by atoms with Crippen LogP contribution in [0.3, 0.4) is 0 Å². The summed E-state index contributed by atoms with van der Waals surface area (Å²) in [6.45, 7) is 11.4. The van der Waals surface area contributed by atoms with E-state index < -0.39 is 5.60 Å². The summed E-state index contributed by atoms with van der Waals surface area (Å²) in [5.41, 5.74) is 5.74. The maximum atomic E-state index is 12.2. The number of benzene rings is 2. The van der Waals surface area contributed by atoms with Crippen molar-refractivity contribution in [1.82, 2.24) is 9.78 Å². The minimum atomic E-state index is -1.17. The van der Waals surface area contributed by atoms with Gasteiger partial charge in [-0.05, 0) is 19.4 Å². The van der Waals surface area contributed by atoms with Gasteiger partial charge < -0.3 is 5.11 Å².